The first-order chi connectivity index (χ1) is 8.70. The summed E-state index contributed by atoms with van der Waals surface area (Å²) >= 11 is 0. The summed E-state index contributed by atoms with van der Waals surface area (Å²) in [6.07, 6.45) is 1.96. The third-order valence-corrected chi connectivity index (χ3v) is 3.22. The summed E-state index contributed by atoms with van der Waals surface area (Å²) in [7, 11) is 0. The molecule has 0 amide bonds. The Hall–Kier alpha value is -1.61. The van der Waals surface area contributed by atoms with Gasteiger partial charge in [0.2, 0.25) is 0 Å². The number of aryl methyl sites for hydroxylation is 1. The molecule has 3 nitrogen and oxygen atoms in total. The Morgan fingerprint density at radius 3 is 2.56 bits per heavy atom. The third-order valence-electron chi connectivity index (χ3n) is 3.22. The van der Waals surface area contributed by atoms with Crippen molar-refractivity contribution in [3.63, 3.8) is 0 Å². The second-order valence-corrected chi connectivity index (χ2v) is 4.68. The Kier molecular flexibility index (Phi) is 4.15. The van der Waals surface area contributed by atoms with Gasteiger partial charge in [-0.05, 0) is 26.0 Å². The van der Waals surface area contributed by atoms with Crippen molar-refractivity contribution in [2.75, 3.05) is 6.54 Å². The van der Waals surface area contributed by atoms with Gasteiger partial charge in [-0.3, -0.25) is 4.68 Å². The fourth-order valence-corrected chi connectivity index (χ4v) is 1.94. The van der Waals surface area contributed by atoms with Crippen LogP contribution in [-0.4, -0.2) is 16.3 Å². The summed E-state index contributed by atoms with van der Waals surface area (Å²) in [6, 6.07) is 8.63. The summed E-state index contributed by atoms with van der Waals surface area (Å²) in [4.78, 5) is 0. The highest BCUT2D eigenvalue weighted by Crippen LogP contribution is 2.10. The molecule has 0 bridgehead atoms. The molecule has 0 aliphatic heterocycles. The minimum atomic E-state index is 0.845. The zero-order valence-electron chi connectivity index (χ0n) is 11.4. The number of hydrogen-bond acceptors (Lipinski definition) is 2. The minimum absolute atomic E-state index is 0.845. The van der Waals surface area contributed by atoms with E-state index < -0.39 is 0 Å². The van der Waals surface area contributed by atoms with E-state index in [1.54, 1.807) is 0 Å². The van der Waals surface area contributed by atoms with Gasteiger partial charge in [-0.15, -0.1) is 0 Å². The van der Waals surface area contributed by atoms with Gasteiger partial charge < -0.3 is 5.32 Å². The van der Waals surface area contributed by atoms with Crippen LogP contribution in [0.15, 0.2) is 30.5 Å². The maximum Gasteiger partial charge on any atom is 0.0662 e. The topological polar surface area (TPSA) is 29.9 Å². The Balaban J connectivity index is 2.09. The van der Waals surface area contributed by atoms with E-state index in [4.69, 9.17) is 0 Å². The summed E-state index contributed by atoms with van der Waals surface area (Å²) in [5.74, 6) is 0. The van der Waals surface area contributed by atoms with E-state index in [0.29, 0.717) is 0 Å². The molecule has 18 heavy (non-hydrogen) atoms. The first-order valence-electron chi connectivity index (χ1n) is 6.48. The molecule has 0 unspecified atom stereocenters. The summed E-state index contributed by atoms with van der Waals surface area (Å²) in [5, 5.41) is 7.80. The van der Waals surface area contributed by atoms with Crippen molar-refractivity contribution < 1.29 is 0 Å². The third kappa shape index (κ3) is 2.99. The lowest BCUT2D eigenvalue weighted by Crippen LogP contribution is -2.12. The zero-order valence-corrected chi connectivity index (χ0v) is 11.4. The highest BCUT2D eigenvalue weighted by atomic mass is 15.3. The van der Waals surface area contributed by atoms with Crippen LogP contribution in [0.3, 0.4) is 0 Å². The van der Waals surface area contributed by atoms with Crippen LogP contribution in [0.2, 0.25) is 0 Å². The molecule has 2 aromatic rings. The second-order valence-electron chi connectivity index (χ2n) is 4.68. The summed E-state index contributed by atoms with van der Waals surface area (Å²) in [5.41, 5.74) is 5.12. The van der Waals surface area contributed by atoms with Crippen molar-refractivity contribution in [2.24, 2.45) is 0 Å². The van der Waals surface area contributed by atoms with Crippen molar-refractivity contribution in [2.45, 2.75) is 33.9 Å². The lowest BCUT2D eigenvalue weighted by molar-refractivity contribution is 0.659. The Labute approximate surface area is 109 Å². The normalized spacial score (nSPS) is 10.8. The molecule has 96 valence electrons. The molecule has 0 atom stereocenters. The predicted molar refractivity (Wildman–Crippen MR) is 74.6 cm³/mol. The predicted octanol–water partition coefficient (Wildman–Crippen LogP) is 2.66. The Morgan fingerprint density at radius 1 is 1.17 bits per heavy atom. The van der Waals surface area contributed by atoms with Crippen LogP contribution in [0.4, 0.5) is 0 Å². The van der Waals surface area contributed by atoms with Gasteiger partial charge in [-0.25, -0.2) is 0 Å². The molecule has 0 aliphatic carbocycles. The molecule has 1 aromatic carbocycles. The van der Waals surface area contributed by atoms with Gasteiger partial charge in [0.05, 0.1) is 12.7 Å². The smallest absolute Gasteiger partial charge is 0.0662 e. The number of hydrogen-bond donors (Lipinski definition) is 1. The maximum absolute atomic E-state index is 4.46. The van der Waals surface area contributed by atoms with Crippen LogP contribution in [0.25, 0.3) is 0 Å². The van der Waals surface area contributed by atoms with Crippen LogP contribution < -0.4 is 5.32 Å². The average Bonchev–Trinajstić information content (AvgIpc) is 2.71. The summed E-state index contributed by atoms with van der Waals surface area (Å²) in [6.45, 7) is 9.09. The van der Waals surface area contributed by atoms with Gasteiger partial charge in [0.25, 0.3) is 0 Å². The fourth-order valence-electron chi connectivity index (χ4n) is 1.94. The number of nitrogens with zero attached hydrogens (tertiary/aromatic N) is 2. The number of benzene rings is 1. The SMILES string of the molecule is CCNCc1cnn(Cc2ccc(C)cc2)c1C. The molecule has 1 heterocycles. The van der Waals surface area contributed by atoms with Crippen molar-refractivity contribution >= 4 is 0 Å². The Bertz CT molecular complexity index is 497. The first-order valence-corrected chi connectivity index (χ1v) is 6.48. The first kappa shape index (κ1) is 12.8. The summed E-state index contributed by atoms with van der Waals surface area (Å²) < 4.78 is 2.07. The molecule has 0 saturated heterocycles. The van der Waals surface area contributed by atoms with Crippen molar-refractivity contribution in [3.05, 3.63) is 52.8 Å². The van der Waals surface area contributed by atoms with E-state index >= 15 is 0 Å². The molecule has 2 rings (SSSR count). The van der Waals surface area contributed by atoms with Gasteiger partial charge in [-0.2, -0.15) is 5.10 Å². The van der Waals surface area contributed by atoms with Gasteiger partial charge in [0, 0.05) is 17.8 Å². The largest absolute Gasteiger partial charge is 0.313 e. The number of nitrogens with one attached hydrogen (secondary N) is 1. The van der Waals surface area contributed by atoms with E-state index in [0.717, 1.165) is 19.6 Å². The van der Waals surface area contributed by atoms with E-state index in [9.17, 15) is 0 Å². The van der Waals surface area contributed by atoms with Crippen molar-refractivity contribution in [1.82, 2.24) is 15.1 Å². The van der Waals surface area contributed by atoms with Crippen molar-refractivity contribution in [1.29, 1.82) is 0 Å². The standard InChI is InChI=1S/C15H21N3/c1-4-16-9-15-10-17-18(13(15)3)11-14-7-5-12(2)6-8-14/h5-8,10,16H,4,9,11H2,1-3H3. The molecular formula is C15H21N3. The molecule has 0 saturated carbocycles. The van der Waals surface area contributed by atoms with E-state index in [-0.39, 0.29) is 0 Å². The quantitative estimate of drug-likeness (QED) is 0.875. The molecule has 1 N–H and O–H groups in total. The van der Waals surface area contributed by atoms with Gasteiger partial charge in [0.1, 0.15) is 0 Å². The fraction of sp³-hybridized carbons (Fsp3) is 0.400. The highest BCUT2D eigenvalue weighted by Gasteiger charge is 2.06. The van der Waals surface area contributed by atoms with Crippen LogP contribution in [-0.2, 0) is 13.1 Å². The minimum Gasteiger partial charge on any atom is -0.313 e. The van der Waals surface area contributed by atoms with E-state index in [2.05, 4.69) is 60.1 Å². The van der Waals surface area contributed by atoms with Gasteiger partial charge in [0.15, 0.2) is 0 Å². The van der Waals surface area contributed by atoms with Crippen LogP contribution >= 0.6 is 0 Å². The monoisotopic (exact) mass is 243 g/mol. The van der Waals surface area contributed by atoms with Crippen molar-refractivity contribution in [3.8, 4) is 0 Å². The second kappa shape index (κ2) is 5.83. The molecule has 0 radical (unpaired) electrons. The molecular weight excluding hydrogens is 222 g/mol. The number of aromatic nitrogens is 2. The average molecular weight is 243 g/mol. The molecule has 0 fully saturated rings. The number of rotatable bonds is 5. The molecule has 0 aliphatic rings. The van der Waals surface area contributed by atoms with Gasteiger partial charge in [-0.1, -0.05) is 36.8 Å². The highest BCUT2D eigenvalue weighted by molar-refractivity contribution is 5.23. The van der Waals surface area contributed by atoms with E-state index in [1.165, 1.54) is 22.4 Å². The molecule has 1 aromatic heterocycles. The maximum atomic E-state index is 4.46. The lowest BCUT2D eigenvalue weighted by atomic mass is 10.1. The molecule has 3 heteroatoms. The Morgan fingerprint density at radius 2 is 1.89 bits per heavy atom. The zero-order chi connectivity index (χ0) is 13.0. The van der Waals surface area contributed by atoms with Crippen LogP contribution in [0, 0.1) is 13.8 Å². The van der Waals surface area contributed by atoms with Crippen LogP contribution in [0.1, 0.15) is 29.3 Å². The van der Waals surface area contributed by atoms with E-state index in [1.807, 2.05) is 6.20 Å². The van der Waals surface area contributed by atoms with Gasteiger partial charge >= 0.3 is 0 Å². The van der Waals surface area contributed by atoms with Crippen LogP contribution in [0.5, 0.6) is 0 Å². The molecule has 0 spiro atoms. The lowest BCUT2D eigenvalue weighted by Gasteiger charge is -2.06.